The van der Waals surface area contributed by atoms with Crippen LogP contribution in [0.3, 0.4) is 0 Å². The molecule has 4 amide bonds. The molecule has 2 atom stereocenters. The van der Waals surface area contributed by atoms with Crippen molar-refractivity contribution in [2.75, 3.05) is 33.8 Å². The minimum absolute atomic E-state index is 0.0278. The Kier molecular flexibility index (Phi) is 8.10. The fourth-order valence-corrected chi connectivity index (χ4v) is 4.89. The number of ether oxygens (including phenoxy) is 1. The molecule has 0 aliphatic carbocycles. The number of hydrazine groups is 1. The number of methoxy groups -OCH3 is 1. The maximum absolute atomic E-state index is 13.5. The number of urea groups is 1. The van der Waals surface area contributed by atoms with Gasteiger partial charge in [0.05, 0.1) is 20.2 Å². The molecule has 9 nitrogen and oxygen atoms in total. The number of carbonyl (C=O) groups is 3. The summed E-state index contributed by atoms with van der Waals surface area (Å²) in [4.78, 5) is 43.7. The summed E-state index contributed by atoms with van der Waals surface area (Å²) >= 11 is 0. The molecule has 36 heavy (non-hydrogen) atoms. The van der Waals surface area contributed by atoms with E-state index in [4.69, 9.17) is 4.74 Å². The third-order valence-corrected chi connectivity index (χ3v) is 6.80. The van der Waals surface area contributed by atoms with Crippen LogP contribution in [-0.2, 0) is 22.6 Å². The highest BCUT2D eigenvalue weighted by molar-refractivity contribution is 5.91. The molecule has 0 saturated carbocycles. The maximum Gasteiger partial charge on any atom is 0.334 e. The zero-order valence-electron chi connectivity index (χ0n) is 21.2. The van der Waals surface area contributed by atoms with Crippen LogP contribution in [0.4, 0.5) is 4.79 Å². The lowest BCUT2D eigenvalue weighted by atomic mass is 9.98. The summed E-state index contributed by atoms with van der Waals surface area (Å²) < 4.78 is 5.20. The largest absolute Gasteiger partial charge is 0.497 e. The lowest BCUT2D eigenvalue weighted by Crippen LogP contribution is -2.76. The van der Waals surface area contributed by atoms with E-state index in [-0.39, 0.29) is 30.9 Å². The number of rotatable bonds is 8. The predicted octanol–water partition coefficient (Wildman–Crippen LogP) is 2.48. The van der Waals surface area contributed by atoms with Gasteiger partial charge in [-0.05, 0) is 29.7 Å². The van der Waals surface area contributed by atoms with Crippen molar-refractivity contribution >= 4 is 17.8 Å². The van der Waals surface area contributed by atoms with Crippen LogP contribution in [0.1, 0.15) is 30.9 Å². The van der Waals surface area contributed by atoms with Crippen molar-refractivity contribution in [3.05, 3.63) is 65.7 Å². The second kappa shape index (κ2) is 11.4. The van der Waals surface area contributed by atoms with Gasteiger partial charge in [0, 0.05) is 26.6 Å². The fourth-order valence-electron chi connectivity index (χ4n) is 4.89. The Hall–Kier alpha value is -3.59. The number of hydrogen-bond donors (Lipinski definition) is 1. The average Bonchev–Trinajstić information content (AvgIpc) is 2.88. The molecule has 192 valence electrons. The first-order valence-corrected chi connectivity index (χ1v) is 12.5. The summed E-state index contributed by atoms with van der Waals surface area (Å²) in [6.07, 6.45) is 1.65. The highest BCUT2D eigenvalue weighted by Gasteiger charge is 2.50. The van der Waals surface area contributed by atoms with Crippen molar-refractivity contribution in [2.24, 2.45) is 0 Å². The number of amides is 4. The zero-order chi connectivity index (χ0) is 25.7. The van der Waals surface area contributed by atoms with Crippen LogP contribution in [0.15, 0.2) is 54.6 Å². The zero-order valence-corrected chi connectivity index (χ0v) is 21.2. The second-order valence-corrected chi connectivity index (χ2v) is 9.29. The first kappa shape index (κ1) is 25.5. The van der Waals surface area contributed by atoms with Gasteiger partial charge in [0.15, 0.2) is 0 Å². The third kappa shape index (κ3) is 5.46. The molecule has 2 aliphatic rings. The molecule has 1 N–H and O–H groups in total. The number of fused-ring (bicyclic) bond motifs is 1. The number of likely N-dealkylation sites (N-methyl/N-ethyl adjacent to an activating group) is 1. The minimum Gasteiger partial charge on any atom is -0.497 e. The van der Waals surface area contributed by atoms with Crippen LogP contribution in [0.2, 0.25) is 0 Å². The number of unbranched alkanes of at least 4 members (excludes halogenated alkanes) is 1. The van der Waals surface area contributed by atoms with Crippen LogP contribution >= 0.6 is 0 Å². The van der Waals surface area contributed by atoms with E-state index in [0.29, 0.717) is 19.5 Å². The topological polar surface area (TPSA) is 85.4 Å². The first-order valence-electron chi connectivity index (χ1n) is 12.5. The van der Waals surface area contributed by atoms with Crippen LogP contribution in [0, 0.1) is 0 Å². The Morgan fingerprint density at radius 2 is 1.78 bits per heavy atom. The molecule has 2 aromatic rings. The van der Waals surface area contributed by atoms with Gasteiger partial charge >= 0.3 is 6.03 Å². The molecule has 0 radical (unpaired) electrons. The average molecular weight is 494 g/mol. The molecule has 1 unspecified atom stereocenters. The van der Waals surface area contributed by atoms with Crippen molar-refractivity contribution in [3.8, 4) is 5.75 Å². The standard InChI is InChI=1S/C27H35N5O4/c1-4-5-15-30-18-24-31(23(26(30)34)16-20-9-7-6-8-10-20)25(33)19-29(2)32(24)27(35)28-17-21-11-13-22(36-3)14-12-21/h6-14,23-24H,4-5,15-19H2,1-3H3,(H,28,35)/t23-,24?/m0/s1. The SMILES string of the molecule is CCCCN1CC2N(C(=O)CN(C)N2C(=O)NCc2ccc(OC)cc2)[C@@H](Cc2ccccc2)C1=O. The number of nitrogens with zero attached hydrogens (tertiary/aromatic N) is 4. The smallest absolute Gasteiger partial charge is 0.334 e. The number of piperazine rings is 1. The Morgan fingerprint density at radius 3 is 2.44 bits per heavy atom. The second-order valence-electron chi connectivity index (χ2n) is 9.29. The molecule has 0 aromatic heterocycles. The van der Waals surface area contributed by atoms with Crippen LogP contribution < -0.4 is 10.1 Å². The van der Waals surface area contributed by atoms with Gasteiger partial charge in [-0.15, -0.1) is 0 Å². The molecular formula is C27H35N5O4. The molecule has 4 rings (SSSR count). The van der Waals surface area contributed by atoms with E-state index in [1.807, 2.05) is 59.5 Å². The van der Waals surface area contributed by atoms with E-state index in [9.17, 15) is 14.4 Å². The molecule has 2 fully saturated rings. The highest BCUT2D eigenvalue weighted by Crippen LogP contribution is 2.28. The number of hydrogen-bond acceptors (Lipinski definition) is 5. The van der Waals surface area contributed by atoms with E-state index < -0.39 is 12.2 Å². The molecule has 2 heterocycles. The van der Waals surface area contributed by atoms with Gasteiger partial charge in [-0.2, -0.15) is 0 Å². The molecule has 0 spiro atoms. The maximum atomic E-state index is 13.5. The van der Waals surface area contributed by atoms with Crippen molar-refractivity contribution in [2.45, 2.75) is 44.9 Å². The highest BCUT2D eigenvalue weighted by atomic mass is 16.5. The molecule has 9 heteroatoms. The van der Waals surface area contributed by atoms with Crippen molar-refractivity contribution in [3.63, 3.8) is 0 Å². The van der Waals surface area contributed by atoms with Gasteiger partial charge in [-0.1, -0.05) is 55.8 Å². The van der Waals surface area contributed by atoms with Crippen molar-refractivity contribution in [1.29, 1.82) is 0 Å². The van der Waals surface area contributed by atoms with Gasteiger partial charge in [-0.3, -0.25) is 9.59 Å². The quantitative estimate of drug-likeness (QED) is 0.611. The fraction of sp³-hybridized carbons (Fsp3) is 0.444. The molecule has 2 aliphatic heterocycles. The third-order valence-electron chi connectivity index (χ3n) is 6.80. The number of benzene rings is 2. The number of carbonyl (C=O) groups excluding carboxylic acids is 3. The minimum atomic E-state index is -0.652. The summed E-state index contributed by atoms with van der Waals surface area (Å²) in [6, 6.07) is 16.3. The molecular weight excluding hydrogens is 458 g/mol. The van der Waals surface area contributed by atoms with Crippen molar-refractivity contribution in [1.82, 2.24) is 25.1 Å². The Morgan fingerprint density at radius 1 is 1.06 bits per heavy atom. The Balaban J connectivity index is 1.57. The normalized spacial score (nSPS) is 20.4. The van der Waals surface area contributed by atoms with E-state index in [1.165, 1.54) is 0 Å². The monoisotopic (exact) mass is 493 g/mol. The lowest BCUT2D eigenvalue weighted by Gasteiger charge is -2.54. The van der Waals surface area contributed by atoms with Gasteiger partial charge in [0.2, 0.25) is 11.8 Å². The van der Waals surface area contributed by atoms with Gasteiger partial charge in [0.25, 0.3) is 0 Å². The lowest BCUT2D eigenvalue weighted by molar-refractivity contribution is -0.186. The Labute approximate surface area is 212 Å². The first-order chi connectivity index (χ1) is 17.4. The summed E-state index contributed by atoms with van der Waals surface area (Å²) in [5.74, 6) is 0.546. The van der Waals surface area contributed by atoms with E-state index in [2.05, 4.69) is 12.2 Å². The summed E-state index contributed by atoms with van der Waals surface area (Å²) in [5, 5.41) is 6.23. The molecule has 2 saturated heterocycles. The van der Waals surface area contributed by atoms with E-state index in [1.54, 1.807) is 29.1 Å². The molecule has 2 aromatic carbocycles. The van der Waals surface area contributed by atoms with E-state index in [0.717, 1.165) is 29.7 Å². The Bertz CT molecular complexity index is 1060. The van der Waals surface area contributed by atoms with Crippen LogP contribution in [0.25, 0.3) is 0 Å². The number of nitrogens with one attached hydrogen (secondary N) is 1. The predicted molar refractivity (Wildman–Crippen MR) is 136 cm³/mol. The summed E-state index contributed by atoms with van der Waals surface area (Å²) in [7, 11) is 3.35. The van der Waals surface area contributed by atoms with Crippen LogP contribution in [0.5, 0.6) is 5.75 Å². The van der Waals surface area contributed by atoms with Gasteiger partial charge < -0.3 is 19.9 Å². The van der Waals surface area contributed by atoms with E-state index >= 15 is 0 Å². The summed E-state index contributed by atoms with van der Waals surface area (Å²) in [5.41, 5.74) is 1.91. The van der Waals surface area contributed by atoms with Gasteiger partial charge in [0.1, 0.15) is 18.0 Å². The summed E-state index contributed by atoms with van der Waals surface area (Å²) in [6.45, 7) is 3.33. The van der Waals surface area contributed by atoms with Gasteiger partial charge in [-0.25, -0.2) is 14.8 Å². The molecule has 0 bridgehead atoms. The van der Waals surface area contributed by atoms with Crippen molar-refractivity contribution < 1.29 is 19.1 Å². The van der Waals surface area contributed by atoms with Crippen LogP contribution in [-0.4, -0.2) is 83.7 Å².